The Morgan fingerprint density at radius 2 is 2.12 bits per heavy atom. The highest BCUT2D eigenvalue weighted by Crippen LogP contribution is 2.26. The van der Waals surface area contributed by atoms with Gasteiger partial charge in [0.2, 0.25) is 0 Å². The summed E-state index contributed by atoms with van der Waals surface area (Å²) in [6.45, 7) is 10.5. The summed E-state index contributed by atoms with van der Waals surface area (Å²) in [5.41, 5.74) is 1.39. The lowest BCUT2D eigenvalue weighted by Gasteiger charge is -2.36. The van der Waals surface area contributed by atoms with Gasteiger partial charge in [-0.2, -0.15) is 0 Å². The van der Waals surface area contributed by atoms with Gasteiger partial charge in [0, 0.05) is 41.2 Å². The van der Waals surface area contributed by atoms with Crippen LogP contribution >= 0.6 is 11.3 Å². The molecule has 0 spiro atoms. The molecule has 1 fully saturated rings. The summed E-state index contributed by atoms with van der Waals surface area (Å²) in [7, 11) is 0. The summed E-state index contributed by atoms with van der Waals surface area (Å²) in [5, 5.41) is 0. The van der Waals surface area contributed by atoms with Gasteiger partial charge in [0.15, 0.2) is 0 Å². The molecule has 0 radical (unpaired) electrons. The Hall–Kier alpha value is -0.670. The van der Waals surface area contributed by atoms with Crippen LogP contribution in [0.4, 0.5) is 0 Å². The van der Waals surface area contributed by atoms with Crippen LogP contribution in [0, 0.1) is 19.8 Å². The second-order valence-corrected chi connectivity index (χ2v) is 6.51. The second-order valence-electron chi connectivity index (χ2n) is 5.17. The summed E-state index contributed by atoms with van der Waals surface area (Å²) < 4.78 is 0. The van der Waals surface area contributed by atoms with Crippen LogP contribution in [0.3, 0.4) is 0 Å². The summed E-state index contributed by atoms with van der Waals surface area (Å²) in [6.07, 6.45) is 0.717. The van der Waals surface area contributed by atoms with E-state index in [0.717, 1.165) is 19.5 Å². The lowest BCUT2D eigenvalue weighted by Crippen LogP contribution is -2.46. The van der Waals surface area contributed by atoms with Crippen molar-refractivity contribution in [1.82, 2.24) is 4.90 Å². The number of nitrogens with zero attached hydrogens (tertiary/aromatic N) is 1. The second kappa shape index (κ2) is 4.91. The molecule has 0 amide bonds. The number of likely N-dealkylation sites (tertiary alicyclic amines) is 1. The van der Waals surface area contributed by atoms with Crippen molar-refractivity contribution in [2.75, 3.05) is 6.54 Å². The number of thiophene rings is 1. The molecule has 0 aromatic carbocycles. The Kier molecular flexibility index (Phi) is 3.69. The van der Waals surface area contributed by atoms with Gasteiger partial charge >= 0.3 is 0 Å². The van der Waals surface area contributed by atoms with E-state index in [9.17, 15) is 4.79 Å². The molecule has 0 N–H and O–H groups in total. The van der Waals surface area contributed by atoms with Gasteiger partial charge in [-0.1, -0.05) is 6.92 Å². The molecule has 2 nitrogen and oxygen atoms in total. The molecule has 1 aromatic rings. The number of carbonyl (C=O) groups is 1. The van der Waals surface area contributed by atoms with Crippen molar-refractivity contribution in [2.45, 2.75) is 46.7 Å². The molecule has 1 saturated heterocycles. The van der Waals surface area contributed by atoms with Crippen LogP contribution < -0.4 is 0 Å². The van der Waals surface area contributed by atoms with Gasteiger partial charge in [-0.05, 0) is 32.4 Å². The highest BCUT2D eigenvalue weighted by atomic mass is 32.1. The van der Waals surface area contributed by atoms with E-state index in [4.69, 9.17) is 0 Å². The zero-order chi connectivity index (χ0) is 12.6. The monoisotopic (exact) mass is 251 g/mol. The molecule has 94 valence electrons. The van der Waals surface area contributed by atoms with Gasteiger partial charge < -0.3 is 0 Å². The Morgan fingerprint density at radius 1 is 1.41 bits per heavy atom. The van der Waals surface area contributed by atoms with E-state index < -0.39 is 0 Å². The Balaban J connectivity index is 2.06. The van der Waals surface area contributed by atoms with Crippen molar-refractivity contribution in [1.29, 1.82) is 0 Å². The van der Waals surface area contributed by atoms with E-state index in [0.29, 0.717) is 11.8 Å². The van der Waals surface area contributed by atoms with Crippen molar-refractivity contribution in [3.05, 3.63) is 21.4 Å². The average Bonchev–Trinajstić information content (AvgIpc) is 2.59. The summed E-state index contributed by atoms with van der Waals surface area (Å²) in [6, 6.07) is 2.66. The van der Waals surface area contributed by atoms with Crippen molar-refractivity contribution in [3.8, 4) is 0 Å². The first-order valence-corrected chi connectivity index (χ1v) is 7.13. The summed E-state index contributed by atoms with van der Waals surface area (Å²) >= 11 is 1.89. The maximum Gasteiger partial charge on any atom is 0.138 e. The minimum absolute atomic E-state index is 0.186. The van der Waals surface area contributed by atoms with Gasteiger partial charge in [0.05, 0.1) is 0 Å². The highest BCUT2D eigenvalue weighted by molar-refractivity contribution is 7.12. The number of ketones is 1. The SMILES string of the molecule is Cc1cc(CN2CCC(=O)C(C)C2C)sc1C. The van der Waals surface area contributed by atoms with Gasteiger partial charge in [0.25, 0.3) is 0 Å². The number of aryl methyl sites for hydroxylation is 2. The molecule has 1 aromatic heterocycles. The normalized spacial score (nSPS) is 26.5. The fraction of sp³-hybridized carbons (Fsp3) is 0.643. The van der Waals surface area contributed by atoms with Crippen LogP contribution in [-0.2, 0) is 11.3 Å². The van der Waals surface area contributed by atoms with Crippen LogP contribution in [-0.4, -0.2) is 23.3 Å². The van der Waals surface area contributed by atoms with Crippen LogP contribution in [0.1, 0.15) is 35.6 Å². The number of hydrogen-bond donors (Lipinski definition) is 0. The first kappa shape index (κ1) is 12.8. The summed E-state index contributed by atoms with van der Waals surface area (Å²) in [4.78, 5) is 16.9. The van der Waals surface area contributed by atoms with Gasteiger partial charge in [0.1, 0.15) is 5.78 Å². The smallest absolute Gasteiger partial charge is 0.138 e. The fourth-order valence-corrected chi connectivity index (χ4v) is 3.50. The predicted molar refractivity (Wildman–Crippen MR) is 72.5 cm³/mol. The van der Waals surface area contributed by atoms with Crippen molar-refractivity contribution >= 4 is 17.1 Å². The molecule has 3 heteroatoms. The predicted octanol–water partition coefficient (Wildman–Crippen LogP) is 3.16. The van der Waals surface area contributed by atoms with Crippen LogP contribution in [0.25, 0.3) is 0 Å². The number of hydrogen-bond acceptors (Lipinski definition) is 3. The van der Waals surface area contributed by atoms with Gasteiger partial charge in [-0.25, -0.2) is 0 Å². The van der Waals surface area contributed by atoms with E-state index in [1.165, 1.54) is 15.3 Å². The minimum atomic E-state index is 0.186. The molecule has 0 bridgehead atoms. The van der Waals surface area contributed by atoms with E-state index >= 15 is 0 Å². The number of Topliss-reactive ketones (excluding diaryl/α,β-unsaturated/α-hetero) is 1. The fourth-order valence-electron chi connectivity index (χ4n) is 2.42. The molecule has 1 aliphatic rings. The standard InChI is InChI=1S/C14H21NOS/c1-9-7-13(17-12(9)4)8-15-6-5-14(16)10(2)11(15)3/h7,10-11H,5-6,8H2,1-4H3. The first-order chi connectivity index (χ1) is 7.99. The van der Waals surface area contributed by atoms with E-state index in [2.05, 4.69) is 38.7 Å². The lowest BCUT2D eigenvalue weighted by atomic mass is 9.91. The average molecular weight is 251 g/mol. The molecule has 2 unspecified atom stereocenters. The van der Waals surface area contributed by atoms with Gasteiger partial charge in [-0.15, -0.1) is 11.3 Å². The third kappa shape index (κ3) is 2.61. The molecule has 0 saturated carbocycles. The van der Waals surface area contributed by atoms with Crippen LogP contribution in [0.2, 0.25) is 0 Å². The van der Waals surface area contributed by atoms with Crippen molar-refractivity contribution in [3.63, 3.8) is 0 Å². The maximum absolute atomic E-state index is 11.6. The number of piperidine rings is 1. The topological polar surface area (TPSA) is 20.3 Å². The minimum Gasteiger partial charge on any atom is -0.299 e. The lowest BCUT2D eigenvalue weighted by molar-refractivity contribution is -0.128. The third-order valence-corrected chi connectivity index (χ3v) is 5.17. The molecule has 2 rings (SSSR count). The zero-order valence-electron chi connectivity index (χ0n) is 11.1. The molecule has 2 heterocycles. The molecule has 17 heavy (non-hydrogen) atoms. The van der Waals surface area contributed by atoms with Crippen molar-refractivity contribution < 1.29 is 4.79 Å². The molecule has 2 atom stereocenters. The van der Waals surface area contributed by atoms with Crippen LogP contribution in [0.15, 0.2) is 6.07 Å². The Labute approximate surface area is 108 Å². The van der Waals surface area contributed by atoms with E-state index in [-0.39, 0.29) is 5.92 Å². The quantitative estimate of drug-likeness (QED) is 0.804. The van der Waals surface area contributed by atoms with E-state index in [1.54, 1.807) is 0 Å². The first-order valence-electron chi connectivity index (χ1n) is 6.31. The Morgan fingerprint density at radius 3 is 2.71 bits per heavy atom. The number of carbonyl (C=O) groups excluding carboxylic acids is 1. The van der Waals surface area contributed by atoms with Crippen molar-refractivity contribution in [2.24, 2.45) is 5.92 Å². The van der Waals surface area contributed by atoms with Gasteiger partial charge in [-0.3, -0.25) is 9.69 Å². The van der Waals surface area contributed by atoms with E-state index in [1.807, 2.05) is 11.3 Å². The molecular formula is C14H21NOS. The maximum atomic E-state index is 11.6. The highest BCUT2D eigenvalue weighted by Gasteiger charge is 2.30. The molecule has 0 aliphatic carbocycles. The third-order valence-electron chi connectivity index (χ3n) is 4.03. The summed E-state index contributed by atoms with van der Waals surface area (Å²) in [5.74, 6) is 0.609. The van der Waals surface area contributed by atoms with Crippen LogP contribution in [0.5, 0.6) is 0 Å². The largest absolute Gasteiger partial charge is 0.299 e. The molecular weight excluding hydrogens is 230 g/mol. The Bertz CT molecular complexity index is 404. The number of rotatable bonds is 2. The zero-order valence-corrected chi connectivity index (χ0v) is 11.9. The molecule has 1 aliphatic heterocycles.